The number of aromatic nitrogens is 1. The molecular weight excluding hydrogens is 256 g/mol. The number of pyridine rings is 1. The van der Waals surface area contributed by atoms with Crippen molar-refractivity contribution in [3.05, 3.63) is 65.0 Å². The van der Waals surface area contributed by atoms with Crippen molar-refractivity contribution in [2.24, 2.45) is 0 Å². The number of hydrogen-bond donors (Lipinski definition) is 0. The maximum Gasteiger partial charge on any atom is 0.0348 e. The Morgan fingerprint density at radius 3 is 2.52 bits per heavy atom. The molecule has 0 saturated carbocycles. The number of benzene rings is 1. The Kier molecular flexibility index (Phi) is 4.35. The third kappa shape index (κ3) is 3.51. The van der Waals surface area contributed by atoms with Gasteiger partial charge in [-0.1, -0.05) is 29.3 Å². The molecule has 2 heterocycles. The summed E-state index contributed by atoms with van der Waals surface area (Å²) in [7, 11) is 0. The summed E-state index contributed by atoms with van der Waals surface area (Å²) in [4.78, 5) is 6.74. The Labute approximate surface area is 127 Å². The van der Waals surface area contributed by atoms with E-state index in [9.17, 15) is 0 Å². The van der Waals surface area contributed by atoms with E-state index < -0.39 is 0 Å². The van der Waals surface area contributed by atoms with Crippen molar-refractivity contribution in [2.75, 3.05) is 13.1 Å². The molecule has 1 aliphatic heterocycles. The molecule has 2 heteroatoms. The number of hydrogen-bond acceptors (Lipinski definition) is 2. The van der Waals surface area contributed by atoms with E-state index >= 15 is 0 Å². The van der Waals surface area contributed by atoms with Gasteiger partial charge in [-0.2, -0.15) is 0 Å². The number of aryl methyl sites for hydroxylation is 2. The molecule has 0 N–H and O–H groups in total. The Bertz CT molecular complexity index is 572. The van der Waals surface area contributed by atoms with Crippen molar-refractivity contribution in [1.82, 2.24) is 9.88 Å². The van der Waals surface area contributed by atoms with Gasteiger partial charge in [0.2, 0.25) is 0 Å². The van der Waals surface area contributed by atoms with Crippen molar-refractivity contribution >= 4 is 0 Å². The van der Waals surface area contributed by atoms with Gasteiger partial charge in [-0.15, -0.1) is 0 Å². The molecule has 1 saturated heterocycles. The molecule has 0 bridgehead atoms. The minimum atomic E-state index is 0.602. The van der Waals surface area contributed by atoms with Crippen molar-refractivity contribution in [2.45, 2.75) is 39.2 Å². The van der Waals surface area contributed by atoms with Crippen molar-refractivity contribution < 1.29 is 0 Å². The van der Waals surface area contributed by atoms with Crippen LogP contribution in [0.25, 0.3) is 0 Å². The summed E-state index contributed by atoms with van der Waals surface area (Å²) < 4.78 is 0. The van der Waals surface area contributed by atoms with Gasteiger partial charge >= 0.3 is 0 Å². The topological polar surface area (TPSA) is 16.1 Å². The van der Waals surface area contributed by atoms with Gasteiger partial charge in [-0.25, -0.2) is 0 Å². The quantitative estimate of drug-likeness (QED) is 0.839. The molecule has 0 radical (unpaired) electrons. The molecule has 1 aliphatic rings. The summed E-state index contributed by atoms with van der Waals surface area (Å²) in [5.41, 5.74) is 5.65. The van der Waals surface area contributed by atoms with Crippen LogP contribution in [-0.4, -0.2) is 23.0 Å². The maximum absolute atomic E-state index is 4.09. The van der Waals surface area contributed by atoms with Crippen LogP contribution < -0.4 is 0 Å². The SMILES string of the molecule is Cc1cc(C)cc(C2CCCN2CCc2ccncc2)c1. The lowest BCUT2D eigenvalue weighted by atomic mass is 9.99. The van der Waals surface area contributed by atoms with Crippen molar-refractivity contribution in [1.29, 1.82) is 0 Å². The van der Waals surface area contributed by atoms with E-state index in [1.54, 1.807) is 0 Å². The Morgan fingerprint density at radius 2 is 1.81 bits per heavy atom. The molecule has 2 nitrogen and oxygen atoms in total. The minimum absolute atomic E-state index is 0.602. The zero-order chi connectivity index (χ0) is 14.7. The van der Waals surface area contributed by atoms with E-state index in [1.807, 2.05) is 12.4 Å². The zero-order valence-electron chi connectivity index (χ0n) is 13.0. The first-order valence-corrected chi connectivity index (χ1v) is 7.93. The second-order valence-electron chi connectivity index (χ2n) is 6.22. The van der Waals surface area contributed by atoms with Crippen molar-refractivity contribution in [3.63, 3.8) is 0 Å². The second kappa shape index (κ2) is 6.40. The average molecular weight is 280 g/mol. The lowest BCUT2D eigenvalue weighted by molar-refractivity contribution is 0.260. The van der Waals surface area contributed by atoms with E-state index in [4.69, 9.17) is 0 Å². The Morgan fingerprint density at radius 1 is 1.10 bits per heavy atom. The first-order valence-electron chi connectivity index (χ1n) is 7.93. The van der Waals surface area contributed by atoms with Crippen LogP contribution in [-0.2, 0) is 6.42 Å². The van der Waals surface area contributed by atoms with Gasteiger partial charge in [-0.3, -0.25) is 9.88 Å². The first kappa shape index (κ1) is 14.3. The highest BCUT2D eigenvalue weighted by molar-refractivity contribution is 5.31. The fraction of sp³-hybridized carbons (Fsp3) is 0.421. The van der Waals surface area contributed by atoms with E-state index in [0.29, 0.717) is 6.04 Å². The molecule has 1 unspecified atom stereocenters. The molecule has 0 amide bonds. The van der Waals surface area contributed by atoms with E-state index in [-0.39, 0.29) is 0 Å². The summed E-state index contributed by atoms with van der Waals surface area (Å²) in [6.07, 6.45) is 7.50. The summed E-state index contributed by atoms with van der Waals surface area (Å²) in [5, 5.41) is 0. The van der Waals surface area contributed by atoms with Gasteiger partial charge in [0.15, 0.2) is 0 Å². The number of rotatable bonds is 4. The van der Waals surface area contributed by atoms with Crippen molar-refractivity contribution in [3.8, 4) is 0 Å². The van der Waals surface area contributed by atoms with Crippen LogP contribution >= 0.6 is 0 Å². The maximum atomic E-state index is 4.09. The highest BCUT2D eigenvalue weighted by Gasteiger charge is 2.25. The summed E-state index contributed by atoms with van der Waals surface area (Å²) >= 11 is 0. The summed E-state index contributed by atoms with van der Waals surface area (Å²) in [5.74, 6) is 0. The van der Waals surface area contributed by atoms with Crippen LogP contribution in [0.1, 0.15) is 41.1 Å². The zero-order valence-corrected chi connectivity index (χ0v) is 13.0. The van der Waals surface area contributed by atoms with E-state index in [2.05, 4.69) is 54.1 Å². The van der Waals surface area contributed by atoms with Gasteiger partial charge in [-0.05, 0) is 62.9 Å². The lowest BCUT2D eigenvalue weighted by Gasteiger charge is -2.25. The van der Waals surface area contributed by atoms with Gasteiger partial charge in [0.1, 0.15) is 0 Å². The molecule has 110 valence electrons. The Balaban J connectivity index is 1.70. The highest BCUT2D eigenvalue weighted by atomic mass is 15.2. The Hall–Kier alpha value is -1.67. The average Bonchev–Trinajstić information content (AvgIpc) is 2.93. The first-order chi connectivity index (χ1) is 10.2. The largest absolute Gasteiger partial charge is 0.296 e. The number of nitrogens with zero attached hydrogens (tertiary/aromatic N) is 2. The van der Waals surface area contributed by atoms with Crippen LogP contribution in [0, 0.1) is 13.8 Å². The third-order valence-electron chi connectivity index (χ3n) is 4.43. The molecule has 1 aromatic heterocycles. The molecule has 1 fully saturated rings. The van der Waals surface area contributed by atoms with Crippen LogP contribution in [0.3, 0.4) is 0 Å². The van der Waals surface area contributed by atoms with E-state index in [1.165, 1.54) is 41.6 Å². The van der Waals surface area contributed by atoms with Gasteiger partial charge in [0.05, 0.1) is 0 Å². The summed E-state index contributed by atoms with van der Waals surface area (Å²) in [6, 6.07) is 11.8. The monoisotopic (exact) mass is 280 g/mol. The van der Waals surface area contributed by atoms with Crippen LogP contribution in [0.15, 0.2) is 42.7 Å². The molecule has 1 atom stereocenters. The van der Waals surface area contributed by atoms with Crippen LogP contribution in [0.4, 0.5) is 0 Å². The van der Waals surface area contributed by atoms with E-state index in [0.717, 1.165) is 13.0 Å². The third-order valence-corrected chi connectivity index (χ3v) is 4.43. The van der Waals surface area contributed by atoms with Gasteiger partial charge in [0.25, 0.3) is 0 Å². The minimum Gasteiger partial charge on any atom is -0.296 e. The predicted octanol–water partition coefficient (Wildman–Crippen LogP) is 4.08. The smallest absolute Gasteiger partial charge is 0.0348 e. The molecule has 1 aromatic carbocycles. The molecular formula is C19H24N2. The van der Waals surface area contributed by atoms with Gasteiger partial charge < -0.3 is 0 Å². The lowest BCUT2D eigenvalue weighted by Crippen LogP contribution is -2.25. The highest BCUT2D eigenvalue weighted by Crippen LogP contribution is 2.32. The predicted molar refractivity (Wildman–Crippen MR) is 87.4 cm³/mol. The summed E-state index contributed by atoms with van der Waals surface area (Å²) in [6.45, 7) is 6.77. The van der Waals surface area contributed by atoms with Gasteiger partial charge in [0, 0.05) is 25.0 Å². The molecule has 3 rings (SSSR count). The normalized spacial score (nSPS) is 19.0. The number of likely N-dealkylation sites (tertiary alicyclic amines) is 1. The second-order valence-corrected chi connectivity index (χ2v) is 6.22. The molecule has 0 aliphatic carbocycles. The molecule has 21 heavy (non-hydrogen) atoms. The fourth-order valence-corrected chi connectivity index (χ4v) is 3.50. The fourth-order valence-electron chi connectivity index (χ4n) is 3.50. The molecule has 0 spiro atoms. The standard InChI is InChI=1S/C19H24N2/c1-15-12-16(2)14-18(13-15)19-4-3-10-21(19)11-7-17-5-8-20-9-6-17/h5-6,8-9,12-14,19H,3-4,7,10-11H2,1-2H3. The van der Waals surface area contributed by atoms with Crippen LogP contribution in [0.5, 0.6) is 0 Å². The molecule has 2 aromatic rings. The van der Waals surface area contributed by atoms with Crippen LogP contribution in [0.2, 0.25) is 0 Å².